The predicted molar refractivity (Wildman–Crippen MR) is 256 cm³/mol. The van der Waals surface area contributed by atoms with Gasteiger partial charge in [0.2, 0.25) is 0 Å². The Morgan fingerprint density at radius 3 is 1.32 bits per heavy atom. The minimum absolute atomic E-state index is 0.0605. The summed E-state index contributed by atoms with van der Waals surface area (Å²) in [6.45, 7) is 2.30. The topological polar surface area (TPSA) is 149 Å². The molecule has 0 aromatic heterocycles. The van der Waals surface area contributed by atoms with Gasteiger partial charge in [0.05, 0.1) is 19.8 Å². The van der Waals surface area contributed by atoms with Crippen molar-refractivity contribution in [3.05, 3.63) is 60.8 Å². The van der Waals surface area contributed by atoms with Gasteiger partial charge in [-0.15, -0.1) is 0 Å². The molecular weight excluding hydrogens is 804 g/mol. The normalized spacial score (nSPS) is 14.2. The number of phosphoric ester groups is 1. The van der Waals surface area contributed by atoms with Gasteiger partial charge in [0.25, 0.3) is 0 Å². The molecule has 0 heterocycles. The van der Waals surface area contributed by atoms with Crippen molar-refractivity contribution in [1.29, 1.82) is 0 Å². The lowest BCUT2D eigenvalue weighted by atomic mass is 10.0. The number of aliphatic hydroxyl groups is 2. The summed E-state index contributed by atoms with van der Waals surface area (Å²) in [5.74, 6) is -1.02. The molecule has 3 N–H and O–H groups in total. The highest BCUT2D eigenvalue weighted by Crippen LogP contribution is 2.43. The third kappa shape index (κ3) is 45.7. The molecule has 360 valence electrons. The van der Waals surface area contributed by atoms with E-state index in [0.717, 1.165) is 44.9 Å². The molecule has 62 heavy (non-hydrogen) atoms. The Morgan fingerprint density at radius 1 is 0.484 bits per heavy atom. The molecule has 0 bridgehead atoms. The summed E-state index contributed by atoms with van der Waals surface area (Å²) in [5, 5.41) is 18.4. The number of hydrogen-bond donors (Lipinski definition) is 3. The minimum atomic E-state index is -4.64. The average Bonchev–Trinajstić information content (AvgIpc) is 3.26. The quantitative estimate of drug-likeness (QED) is 0.0233. The molecule has 1 unspecified atom stereocenters. The van der Waals surface area contributed by atoms with Gasteiger partial charge >= 0.3 is 19.8 Å². The highest BCUT2D eigenvalue weighted by atomic mass is 31.2. The van der Waals surface area contributed by atoms with Crippen LogP contribution in [0.15, 0.2) is 60.8 Å². The minimum Gasteiger partial charge on any atom is -0.462 e. The molecule has 10 nitrogen and oxygen atoms in total. The van der Waals surface area contributed by atoms with E-state index in [9.17, 15) is 24.2 Å². The van der Waals surface area contributed by atoms with Crippen LogP contribution in [0.1, 0.15) is 213 Å². The second-order valence-electron chi connectivity index (χ2n) is 16.5. The number of aliphatic hydroxyl groups excluding tert-OH is 2. The molecule has 0 radical (unpaired) electrons. The molecule has 3 atom stereocenters. The molecule has 0 saturated heterocycles. The van der Waals surface area contributed by atoms with Gasteiger partial charge in [-0.1, -0.05) is 209 Å². The van der Waals surface area contributed by atoms with Crippen LogP contribution in [-0.2, 0) is 32.7 Å². The van der Waals surface area contributed by atoms with E-state index in [1.807, 2.05) is 12.2 Å². The number of allylic oxidation sites excluding steroid dienone is 10. The fourth-order valence-electron chi connectivity index (χ4n) is 6.62. The largest absolute Gasteiger partial charge is 0.472 e. The van der Waals surface area contributed by atoms with E-state index < -0.39 is 51.8 Å². The Bertz CT molecular complexity index is 1210. The number of carbonyl (C=O) groups is 2. The van der Waals surface area contributed by atoms with Gasteiger partial charge in [0, 0.05) is 12.8 Å². The summed E-state index contributed by atoms with van der Waals surface area (Å²) in [7, 11) is -4.64. The zero-order valence-corrected chi connectivity index (χ0v) is 40.2. The summed E-state index contributed by atoms with van der Waals surface area (Å²) >= 11 is 0. The number of phosphoric acid groups is 1. The van der Waals surface area contributed by atoms with Gasteiger partial charge in [-0.3, -0.25) is 18.6 Å². The smallest absolute Gasteiger partial charge is 0.462 e. The molecule has 0 saturated carbocycles. The molecular formula is C51H91O10P. The predicted octanol–water partition coefficient (Wildman–Crippen LogP) is 13.8. The summed E-state index contributed by atoms with van der Waals surface area (Å²) < 4.78 is 32.7. The van der Waals surface area contributed by atoms with Crippen molar-refractivity contribution in [2.24, 2.45) is 0 Å². The maximum Gasteiger partial charge on any atom is 0.472 e. The SMILES string of the molecule is CCCCC/C=C/C/C=C/C/C=C/C/C=C/C/C=C/CCC(=O)O[C@H](COC(=O)CCCCCCCCCCCCCCCCCCCCCC)COP(=O)(O)OC[C@@H](O)CO. The van der Waals surface area contributed by atoms with Crippen LogP contribution in [0.3, 0.4) is 0 Å². The van der Waals surface area contributed by atoms with Crippen LogP contribution >= 0.6 is 7.82 Å². The van der Waals surface area contributed by atoms with E-state index in [1.54, 1.807) is 0 Å². The Kier molecular flexibility index (Phi) is 44.9. The lowest BCUT2D eigenvalue weighted by molar-refractivity contribution is -0.161. The van der Waals surface area contributed by atoms with Gasteiger partial charge in [-0.2, -0.15) is 0 Å². The average molecular weight is 895 g/mol. The molecule has 0 aliphatic rings. The number of ether oxygens (including phenoxy) is 2. The van der Waals surface area contributed by atoms with Crippen LogP contribution < -0.4 is 0 Å². The first-order valence-electron chi connectivity index (χ1n) is 24.7. The maximum atomic E-state index is 12.6. The molecule has 0 amide bonds. The van der Waals surface area contributed by atoms with Crippen LogP contribution in [0.2, 0.25) is 0 Å². The van der Waals surface area contributed by atoms with Crippen molar-refractivity contribution in [2.75, 3.05) is 26.4 Å². The second-order valence-corrected chi connectivity index (χ2v) is 17.9. The first-order valence-corrected chi connectivity index (χ1v) is 26.2. The van der Waals surface area contributed by atoms with Crippen molar-refractivity contribution in [3.63, 3.8) is 0 Å². The summed E-state index contributed by atoms with van der Waals surface area (Å²) in [6.07, 6.45) is 53.5. The van der Waals surface area contributed by atoms with E-state index >= 15 is 0 Å². The zero-order valence-electron chi connectivity index (χ0n) is 39.3. The molecule has 0 rings (SSSR count). The lowest BCUT2D eigenvalue weighted by Crippen LogP contribution is -2.29. The van der Waals surface area contributed by atoms with Gasteiger partial charge in [-0.25, -0.2) is 4.57 Å². The van der Waals surface area contributed by atoms with Crippen molar-refractivity contribution in [2.45, 2.75) is 225 Å². The first-order chi connectivity index (χ1) is 30.2. The first kappa shape index (κ1) is 59.7. The Balaban J connectivity index is 4.30. The maximum absolute atomic E-state index is 12.6. The standard InChI is InChI=1S/C51H91O10P/c1-3-5-7-9-11-13-15-17-19-21-23-25-26-28-30-32-34-36-38-40-42-50(54)58-46-49(47-60-62(56,57)59-45-48(53)44-52)61-51(55)43-41-39-37-35-33-31-29-27-24-22-20-18-16-14-12-10-8-6-4-2/h12,14,18,20,24,27,31,33,37,39,48-49,52-53H,3-11,13,15-17,19,21-23,25-26,28-30,32,34-36,38,40-47H2,1-2H3,(H,56,57)/b14-12+,20-18+,27-24+,33-31+,39-37+/t48-,49+/m0/s1. The Labute approximate surface area is 378 Å². The van der Waals surface area contributed by atoms with E-state index in [2.05, 4.69) is 62.5 Å². The number of rotatable bonds is 46. The fourth-order valence-corrected chi connectivity index (χ4v) is 7.41. The molecule has 0 aromatic rings. The van der Waals surface area contributed by atoms with Crippen LogP contribution in [0.4, 0.5) is 0 Å². The summed E-state index contributed by atoms with van der Waals surface area (Å²) in [6, 6.07) is 0. The van der Waals surface area contributed by atoms with Crippen LogP contribution in [0.25, 0.3) is 0 Å². The molecule has 11 heteroatoms. The van der Waals surface area contributed by atoms with Crippen molar-refractivity contribution >= 4 is 19.8 Å². The van der Waals surface area contributed by atoms with Crippen molar-refractivity contribution in [1.82, 2.24) is 0 Å². The number of unbranched alkanes of at least 4 members (excludes halogenated alkanes) is 22. The highest BCUT2D eigenvalue weighted by molar-refractivity contribution is 7.47. The third-order valence-corrected chi connectivity index (χ3v) is 11.4. The lowest BCUT2D eigenvalue weighted by Gasteiger charge is -2.20. The van der Waals surface area contributed by atoms with E-state index in [1.165, 1.54) is 128 Å². The van der Waals surface area contributed by atoms with Crippen LogP contribution in [-0.4, -0.2) is 65.7 Å². The number of esters is 2. The molecule has 0 aliphatic heterocycles. The van der Waals surface area contributed by atoms with Crippen LogP contribution in [0, 0.1) is 0 Å². The summed E-state index contributed by atoms with van der Waals surface area (Å²) in [5.41, 5.74) is 0. The monoisotopic (exact) mass is 895 g/mol. The second kappa shape index (κ2) is 46.7. The van der Waals surface area contributed by atoms with Gasteiger partial charge in [-0.05, 0) is 51.4 Å². The molecule has 0 spiro atoms. The van der Waals surface area contributed by atoms with E-state index in [4.69, 9.17) is 23.6 Å². The molecule has 0 aromatic carbocycles. The fraction of sp³-hybridized carbons (Fsp3) is 0.765. The Hall–Kier alpha value is -2.33. The Morgan fingerprint density at radius 2 is 0.871 bits per heavy atom. The number of hydrogen-bond acceptors (Lipinski definition) is 9. The highest BCUT2D eigenvalue weighted by Gasteiger charge is 2.27. The van der Waals surface area contributed by atoms with E-state index in [-0.39, 0.29) is 19.4 Å². The van der Waals surface area contributed by atoms with Gasteiger partial charge < -0.3 is 24.6 Å². The van der Waals surface area contributed by atoms with E-state index in [0.29, 0.717) is 12.8 Å². The van der Waals surface area contributed by atoms with Crippen molar-refractivity contribution < 1.29 is 47.8 Å². The molecule has 0 aliphatic carbocycles. The van der Waals surface area contributed by atoms with Gasteiger partial charge in [0.15, 0.2) is 6.10 Å². The molecule has 0 fully saturated rings. The van der Waals surface area contributed by atoms with Crippen molar-refractivity contribution in [3.8, 4) is 0 Å². The third-order valence-electron chi connectivity index (χ3n) is 10.4. The van der Waals surface area contributed by atoms with Crippen LogP contribution in [0.5, 0.6) is 0 Å². The zero-order chi connectivity index (χ0) is 45.5. The van der Waals surface area contributed by atoms with Gasteiger partial charge in [0.1, 0.15) is 12.7 Å². The number of carbonyl (C=O) groups excluding carboxylic acids is 2. The summed E-state index contributed by atoms with van der Waals surface area (Å²) in [4.78, 5) is 35.1.